The predicted octanol–water partition coefficient (Wildman–Crippen LogP) is 3.73. The molecule has 1 atom stereocenters. The molecule has 5 nitrogen and oxygen atoms in total. The lowest BCUT2D eigenvalue weighted by Gasteiger charge is -2.29. The Hall–Kier alpha value is -1.41. The number of rotatable bonds is 7. The smallest absolute Gasteiger partial charge is 0.224 e. The molecule has 146 valence electrons. The summed E-state index contributed by atoms with van der Waals surface area (Å²) >= 11 is 6.18. The van der Waals surface area contributed by atoms with Gasteiger partial charge in [-0.1, -0.05) is 41.9 Å². The fourth-order valence-electron chi connectivity index (χ4n) is 3.06. The summed E-state index contributed by atoms with van der Waals surface area (Å²) in [7, 11) is -7.53. The largest absolute Gasteiger partial charge is 0.245 e. The van der Waals surface area contributed by atoms with Gasteiger partial charge in [0.05, 0.1) is 9.92 Å². The Labute approximate surface area is 165 Å². The molecular formula is C19H22ClNO4S2. The van der Waals surface area contributed by atoms with Gasteiger partial charge in [0, 0.05) is 18.8 Å². The second kappa shape index (κ2) is 7.54. The number of nitrogens with zero attached hydrogens (tertiary/aromatic N) is 1. The van der Waals surface area contributed by atoms with Crippen LogP contribution in [-0.2, 0) is 26.4 Å². The molecule has 0 aromatic heterocycles. The standard InChI is InChI=1S/C19H22ClNO4S2/c1-14(16-8-9-16)21(13-15-6-4-3-5-7-15)27(24,25)19-12-17(26(2,22)23)10-11-18(19)20/h3-7,10-12,14,16H,8-9,13H2,1-2H3/t14-/m1/s1. The summed E-state index contributed by atoms with van der Waals surface area (Å²) in [4.78, 5) is -0.236. The van der Waals surface area contributed by atoms with E-state index in [4.69, 9.17) is 11.6 Å². The first kappa shape index (κ1) is 20.3. The van der Waals surface area contributed by atoms with Gasteiger partial charge in [0.25, 0.3) is 0 Å². The van der Waals surface area contributed by atoms with Crippen LogP contribution in [0.3, 0.4) is 0 Å². The molecule has 0 radical (unpaired) electrons. The summed E-state index contributed by atoms with van der Waals surface area (Å²) in [6, 6.07) is 12.9. The number of sulfonamides is 1. The average molecular weight is 428 g/mol. The molecule has 0 amide bonds. The molecule has 0 heterocycles. The van der Waals surface area contributed by atoms with Crippen molar-refractivity contribution in [2.45, 2.75) is 42.1 Å². The molecule has 2 aromatic rings. The Morgan fingerprint density at radius 3 is 2.26 bits per heavy atom. The Morgan fingerprint density at radius 2 is 1.70 bits per heavy atom. The maximum absolute atomic E-state index is 13.5. The molecule has 8 heteroatoms. The molecule has 1 saturated carbocycles. The minimum atomic E-state index is -3.98. The highest BCUT2D eigenvalue weighted by atomic mass is 35.5. The zero-order chi connectivity index (χ0) is 19.8. The predicted molar refractivity (Wildman–Crippen MR) is 106 cm³/mol. The zero-order valence-electron chi connectivity index (χ0n) is 15.2. The first-order valence-electron chi connectivity index (χ1n) is 8.66. The number of hydrogen-bond acceptors (Lipinski definition) is 4. The highest BCUT2D eigenvalue weighted by molar-refractivity contribution is 7.91. The SMILES string of the molecule is C[C@H](C1CC1)N(Cc1ccccc1)S(=O)(=O)c1cc(S(C)(=O)=O)ccc1Cl. The lowest BCUT2D eigenvalue weighted by atomic mass is 10.2. The van der Waals surface area contributed by atoms with E-state index in [9.17, 15) is 16.8 Å². The number of sulfone groups is 1. The van der Waals surface area contributed by atoms with Gasteiger partial charge in [-0.3, -0.25) is 0 Å². The summed E-state index contributed by atoms with van der Waals surface area (Å²) in [5, 5.41) is 0.0171. The Balaban J connectivity index is 2.07. The molecule has 0 bridgehead atoms. The fraction of sp³-hybridized carbons (Fsp3) is 0.368. The first-order chi connectivity index (χ1) is 12.6. The van der Waals surface area contributed by atoms with Crippen molar-refractivity contribution in [2.75, 3.05) is 6.26 Å². The van der Waals surface area contributed by atoms with Crippen molar-refractivity contribution in [3.05, 3.63) is 59.1 Å². The van der Waals surface area contributed by atoms with Gasteiger partial charge in [-0.2, -0.15) is 4.31 Å². The first-order valence-corrected chi connectivity index (χ1v) is 12.4. The van der Waals surface area contributed by atoms with Crippen LogP contribution in [-0.4, -0.2) is 33.4 Å². The third kappa shape index (κ3) is 4.54. The van der Waals surface area contributed by atoms with Crippen LogP contribution in [0.15, 0.2) is 58.3 Å². The van der Waals surface area contributed by atoms with Gasteiger partial charge in [0.2, 0.25) is 10.0 Å². The molecule has 2 aromatic carbocycles. The van der Waals surface area contributed by atoms with E-state index in [0.29, 0.717) is 5.92 Å². The van der Waals surface area contributed by atoms with Gasteiger partial charge in [-0.25, -0.2) is 16.8 Å². The van der Waals surface area contributed by atoms with E-state index in [1.165, 1.54) is 16.4 Å². The summed E-state index contributed by atoms with van der Waals surface area (Å²) < 4.78 is 52.1. The number of halogens is 1. The molecule has 0 N–H and O–H groups in total. The van der Waals surface area contributed by atoms with Crippen molar-refractivity contribution < 1.29 is 16.8 Å². The van der Waals surface area contributed by atoms with Gasteiger partial charge < -0.3 is 0 Å². The number of hydrogen-bond donors (Lipinski definition) is 0. The highest BCUT2D eigenvalue weighted by Crippen LogP contribution is 2.39. The lowest BCUT2D eigenvalue weighted by molar-refractivity contribution is 0.303. The van der Waals surface area contributed by atoms with Crippen molar-refractivity contribution in [1.82, 2.24) is 4.31 Å². The van der Waals surface area contributed by atoms with E-state index in [1.807, 2.05) is 37.3 Å². The molecule has 3 rings (SSSR count). The zero-order valence-corrected chi connectivity index (χ0v) is 17.6. The highest BCUT2D eigenvalue weighted by Gasteiger charge is 2.39. The Bertz CT molecular complexity index is 1030. The molecule has 0 aliphatic heterocycles. The fourth-order valence-corrected chi connectivity index (χ4v) is 5.97. The van der Waals surface area contributed by atoms with E-state index < -0.39 is 19.9 Å². The topological polar surface area (TPSA) is 71.5 Å². The van der Waals surface area contributed by atoms with Crippen LogP contribution in [0.4, 0.5) is 0 Å². The third-order valence-corrected chi connectivity index (χ3v) is 8.38. The number of benzene rings is 2. The van der Waals surface area contributed by atoms with Crippen LogP contribution < -0.4 is 0 Å². The van der Waals surface area contributed by atoms with Crippen molar-refractivity contribution in [1.29, 1.82) is 0 Å². The molecule has 0 unspecified atom stereocenters. The summed E-state index contributed by atoms with van der Waals surface area (Å²) in [5.74, 6) is 0.306. The molecule has 1 aliphatic carbocycles. The van der Waals surface area contributed by atoms with Crippen LogP contribution in [0.5, 0.6) is 0 Å². The van der Waals surface area contributed by atoms with E-state index >= 15 is 0 Å². The normalized spacial score (nSPS) is 16.4. The summed E-state index contributed by atoms with van der Waals surface area (Å²) in [6.45, 7) is 2.10. The Kier molecular flexibility index (Phi) is 5.68. The minimum Gasteiger partial charge on any atom is -0.224 e. The van der Waals surface area contributed by atoms with Crippen LogP contribution in [0, 0.1) is 5.92 Å². The van der Waals surface area contributed by atoms with Gasteiger partial charge in [-0.05, 0) is 49.4 Å². The van der Waals surface area contributed by atoms with Gasteiger partial charge in [-0.15, -0.1) is 0 Å². The average Bonchev–Trinajstić information content (AvgIpc) is 3.44. The second-order valence-corrected chi connectivity index (χ2v) is 11.3. The van der Waals surface area contributed by atoms with Crippen molar-refractivity contribution in [3.63, 3.8) is 0 Å². The van der Waals surface area contributed by atoms with Gasteiger partial charge in [0.15, 0.2) is 9.84 Å². The van der Waals surface area contributed by atoms with Crippen LogP contribution in [0.1, 0.15) is 25.3 Å². The minimum absolute atomic E-state index is 0.0171. The summed E-state index contributed by atoms with van der Waals surface area (Å²) in [5.41, 5.74) is 0.865. The second-order valence-electron chi connectivity index (χ2n) is 6.98. The lowest BCUT2D eigenvalue weighted by Crippen LogP contribution is -2.39. The monoisotopic (exact) mass is 427 g/mol. The molecule has 0 saturated heterocycles. The quantitative estimate of drug-likeness (QED) is 0.674. The van der Waals surface area contributed by atoms with Gasteiger partial charge in [0.1, 0.15) is 4.90 Å². The molecule has 1 aliphatic rings. The van der Waals surface area contributed by atoms with Crippen LogP contribution in [0.2, 0.25) is 5.02 Å². The van der Waals surface area contributed by atoms with E-state index in [2.05, 4.69) is 0 Å². The van der Waals surface area contributed by atoms with Crippen molar-refractivity contribution in [2.24, 2.45) is 5.92 Å². The molecule has 1 fully saturated rings. The molecule has 27 heavy (non-hydrogen) atoms. The Morgan fingerprint density at radius 1 is 1.07 bits per heavy atom. The van der Waals surface area contributed by atoms with Crippen molar-refractivity contribution >= 4 is 31.5 Å². The maximum atomic E-state index is 13.5. The molecule has 0 spiro atoms. The van der Waals surface area contributed by atoms with E-state index in [-0.39, 0.29) is 27.4 Å². The van der Waals surface area contributed by atoms with Gasteiger partial charge >= 0.3 is 0 Å². The molecular weight excluding hydrogens is 406 g/mol. The van der Waals surface area contributed by atoms with Crippen LogP contribution in [0.25, 0.3) is 0 Å². The van der Waals surface area contributed by atoms with E-state index in [1.54, 1.807) is 0 Å². The van der Waals surface area contributed by atoms with Crippen LogP contribution >= 0.6 is 11.6 Å². The van der Waals surface area contributed by atoms with E-state index in [0.717, 1.165) is 30.7 Å². The summed E-state index contributed by atoms with van der Waals surface area (Å²) in [6.07, 6.45) is 3.01. The maximum Gasteiger partial charge on any atom is 0.245 e. The van der Waals surface area contributed by atoms with Crippen molar-refractivity contribution in [3.8, 4) is 0 Å². The third-order valence-electron chi connectivity index (χ3n) is 4.86.